The monoisotopic (exact) mass is 651 g/mol. The van der Waals surface area contributed by atoms with Crippen LogP contribution in [0.5, 0.6) is 0 Å². The number of hydrogen-bond acceptors (Lipinski definition) is 4. The molecule has 0 heterocycles. The average Bonchev–Trinajstić information content (AvgIpc) is 3.03. The van der Waals surface area contributed by atoms with Gasteiger partial charge in [-0.25, -0.2) is 8.42 Å². The van der Waals surface area contributed by atoms with Crippen molar-refractivity contribution in [1.82, 2.24) is 10.2 Å². The van der Waals surface area contributed by atoms with Gasteiger partial charge in [0.2, 0.25) is 11.8 Å². The zero-order valence-electron chi connectivity index (χ0n) is 24.8. The largest absolute Gasteiger partial charge is 0.357 e. The standard InChI is InChI=1S/C34H35Cl2N3O4S/c1-24(2)27-15-17-28(18-16-27)39(44(42,43)29-12-8-5-9-13-29)23-33(40)38(22-26-14-19-30(35)31(36)20-26)32(34(41)37-3)21-25-10-6-4-7-11-25/h4-20,24,32H,21-23H2,1-3H3,(H,37,41). The number of amides is 2. The van der Waals surface area contributed by atoms with Gasteiger partial charge >= 0.3 is 0 Å². The van der Waals surface area contributed by atoms with Crippen LogP contribution in [0.15, 0.2) is 108 Å². The molecule has 0 aliphatic carbocycles. The number of nitrogens with zero attached hydrogens (tertiary/aromatic N) is 2. The second-order valence-corrected chi connectivity index (χ2v) is 13.3. The number of hydrogen-bond donors (Lipinski definition) is 1. The Morgan fingerprint density at radius 3 is 1.98 bits per heavy atom. The van der Waals surface area contributed by atoms with Crippen LogP contribution in [0.3, 0.4) is 0 Å². The first-order chi connectivity index (χ1) is 21.0. The molecule has 0 bridgehead atoms. The fraction of sp³-hybridized carbons (Fsp3) is 0.235. The van der Waals surface area contributed by atoms with Crippen molar-refractivity contribution in [1.29, 1.82) is 0 Å². The van der Waals surface area contributed by atoms with Crippen molar-refractivity contribution >= 4 is 50.7 Å². The molecule has 0 aromatic heterocycles. The second-order valence-electron chi connectivity index (χ2n) is 10.7. The SMILES string of the molecule is CNC(=O)C(Cc1ccccc1)N(Cc1ccc(Cl)c(Cl)c1)C(=O)CN(c1ccc(C(C)C)cc1)S(=O)(=O)c1ccccc1. The molecular formula is C34H35Cl2N3O4S. The predicted molar refractivity (Wildman–Crippen MR) is 177 cm³/mol. The summed E-state index contributed by atoms with van der Waals surface area (Å²) >= 11 is 12.4. The van der Waals surface area contributed by atoms with Crippen molar-refractivity contribution in [2.45, 2.75) is 43.7 Å². The predicted octanol–water partition coefficient (Wildman–Crippen LogP) is 6.70. The first-order valence-corrected chi connectivity index (χ1v) is 16.4. The van der Waals surface area contributed by atoms with Gasteiger partial charge in [0.05, 0.1) is 20.6 Å². The molecule has 4 aromatic carbocycles. The molecule has 0 aliphatic heterocycles. The first kappa shape index (κ1) is 33.1. The van der Waals surface area contributed by atoms with E-state index in [1.54, 1.807) is 48.5 Å². The van der Waals surface area contributed by atoms with Gasteiger partial charge in [-0.05, 0) is 59.0 Å². The highest BCUT2D eigenvalue weighted by atomic mass is 35.5. The first-order valence-electron chi connectivity index (χ1n) is 14.2. The van der Waals surface area contributed by atoms with Gasteiger partial charge in [0.1, 0.15) is 12.6 Å². The van der Waals surface area contributed by atoms with E-state index in [1.165, 1.54) is 24.1 Å². The lowest BCUT2D eigenvalue weighted by atomic mass is 10.0. The highest BCUT2D eigenvalue weighted by Gasteiger charge is 2.34. The van der Waals surface area contributed by atoms with Gasteiger partial charge < -0.3 is 10.2 Å². The molecule has 0 radical (unpaired) electrons. The summed E-state index contributed by atoms with van der Waals surface area (Å²) < 4.78 is 29.2. The summed E-state index contributed by atoms with van der Waals surface area (Å²) in [6.07, 6.45) is 0.210. The Bertz CT molecular complexity index is 1680. The maximum absolute atomic E-state index is 14.4. The van der Waals surface area contributed by atoms with Gasteiger partial charge in [-0.3, -0.25) is 13.9 Å². The zero-order valence-corrected chi connectivity index (χ0v) is 27.1. The van der Waals surface area contributed by atoms with E-state index in [9.17, 15) is 18.0 Å². The minimum atomic E-state index is -4.16. The third-order valence-corrected chi connectivity index (χ3v) is 9.84. The number of benzene rings is 4. The highest BCUT2D eigenvalue weighted by molar-refractivity contribution is 7.92. The molecule has 10 heteroatoms. The molecule has 44 heavy (non-hydrogen) atoms. The number of sulfonamides is 1. The van der Waals surface area contributed by atoms with E-state index in [-0.39, 0.29) is 29.7 Å². The number of carbonyl (C=O) groups excluding carboxylic acids is 2. The topological polar surface area (TPSA) is 86.8 Å². The summed E-state index contributed by atoms with van der Waals surface area (Å²) in [5.74, 6) is -0.716. The summed E-state index contributed by atoms with van der Waals surface area (Å²) in [6, 6.07) is 28.4. The van der Waals surface area contributed by atoms with Crippen LogP contribution in [0, 0.1) is 0 Å². The molecule has 7 nitrogen and oxygen atoms in total. The third kappa shape index (κ3) is 8.00. The summed E-state index contributed by atoms with van der Waals surface area (Å²) in [5, 5.41) is 3.33. The number of rotatable bonds is 12. The molecule has 0 aliphatic rings. The highest BCUT2D eigenvalue weighted by Crippen LogP contribution is 2.28. The van der Waals surface area contributed by atoms with Crippen LogP contribution in [0.4, 0.5) is 5.69 Å². The van der Waals surface area contributed by atoms with Gasteiger partial charge in [0.25, 0.3) is 10.0 Å². The third-order valence-electron chi connectivity index (χ3n) is 7.31. The summed E-state index contributed by atoms with van der Waals surface area (Å²) in [5.41, 5.74) is 2.83. The molecule has 2 amide bonds. The number of carbonyl (C=O) groups is 2. The summed E-state index contributed by atoms with van der Waals surface area (Å²) in [4.78, 5) is 29.2. The molecule has 0 fully saturated rings. The molecule has 230 valence electrons. The van der Waals surface area contributed by atoms with Crippen molar-refractivity contribution in [3.8, 4) is 0 Å². The quantitative estimate of drug-likeness (QED) is 0.185. The molecule has 1 unspecified atom stereocenters. The number of anilines is 1. The van der Waals surface area contributed by atoms with E-state index in [1.807, 2.05) is 56.3 Å². The molecule has 1 atom stereocenters. The lowest BCUT2D eigenvalue weighted by Gasteiger charge is -2.33. The van der Waals surface area contributed by atoms with Gasteiger partial charge in [-0.15, -0.1) is 0 Å². The smallest absolute Gasteiger partial charge is 0.264 e. The average molecular weight is 653 g/mol. The van der Waals surface area contributed by atoms with Crippen molar-refractivity contribution in [3.05, 3.63) is 130 Å². The zero-order chi connectivity index (χ0) is 31.9. The fourth-order valence-electron chi connectivity index (χ4n) is 4.83. The van der Waals surface area contributed by atoms with Crippen LogP contribution in [0.1, 0.15) is 36.5 Å². The Balaban J connectivity index is 1.80. The Morgan fingerprint density at radius 2 is 1.41 bits per heavy atom. The number of likely N-dealkylation sites (N-methyl/N-ethyl adjacent to an activating group) is 1. The minimum Gasteiger partial charge on any atom is -0.357 e. The molecule has 0 saturated carbocycles. The maximum Gasteiger partial charge on any atom is 0.264 e. The molecule has 1 N–H and O–H groups in total. The van der Waals surface area contributed by atoms with Crippen LogP contribution in [-0.2, 0) is 32.6 Å². The van der Waals surface area contributed by atoms with Crippen molar-refractivity contribution in [2.24, 2.45) is 0 Å². The number of halogens is 2. The van der Waals surface area contributed by atoms with Crippen molar-refractivity contribution < 1.29 is 18.0 Å². The van der Waals surface area contributed by atoms with Crippen LogP contribution in [0.25, 0.3) is 0 Å². The Labute approximate surface area is 269 Å². The van der Waals surface area contributed by atoms with E-state index < -0.39 is 28.5 Å². The molecule has 4 aromatic rings. The van der Waals surface area contributed by atoms with Crippen LogP contribution in [-0.4, -0.2) is 44.8 Å². The Hall–Kier alpha value is -3.85. The lowest BCUT2D eigenvalue weighted by Crippen LogP contribution is -2.53. The Morgan fingerprint density at radius 1 is 0.795 bits per heavy atom. The van der Waals surface area contributed by atoms with Crippen molar-refractivity contribution in [2.75, 3.05) is 17.9 Å². The lowest BCUT2D eigenvalue weighted by molar-refractivity contribution is -0.139. The molecule has 4 rings (SSSR count). The van der Waals surface area contributed by atoms with Gasteiger partial charge in [-0.2, -0.15) is 0 Å². The van der Waals surface area contributed by atoms with E-state index in [2.05, 4.69) is 5.32 Å². The summed E-state index contributed by atoms with van der Waals surface area (Å²) in [7, 11) is -2.66. The van der Waals surface area contributed by atoms with E-state index >= 15 is 0 Å². The Kier molecular flexibility index (Phi) is 11.1. The minimum absolute atomic E-state index is 0.00778. The van der Waals surface area contributed by atoms with Gasteiger partial charge in [0.15, 0.2) is 0 Å². The molecular weight excluding hydrogens is 617 g/mol. The maximum atomic E-state index is 14.4. The summed E-state index contributed by atoms with van der Waals surface area (Å²) in [6.45, 7) is 3.54. The van der Waals surface area contributed by atoms with Gasteiger partial charge in [0, 0.05) is 20.0 Å². The molecule has 0 spiro atoms. The van der Waals surface area contributed by atoms with Crippen LogP contribution < -0.4 is 9.62 Å². The second kappa shape index (κ2) is 14.8. The van der Waals surface area contributed by atoms with Crippen molar-refractivity contribution in [3.63, 3.8) is 0 Å². The van der Waals surface area contributed by atoms with E-state index in [0.29, 0.717) is 21.3 Å². The molecule has 0 saturated heterocycles. The van der Waals surface area contributed by atoms with E-state index in [0.717, 1.165) is 15.4 Å². The fourth-order valence-corrected chi connectivity index (χ4v) is 6.59. The van der Waals surface area contributed by atoms with Crippen LogP contribution in [0.2, 0.25) is 10.0 Å². The van der Waals surface area contributed by atoms with Crippen LogP contribution >= 0.6 is 23.2 Å². The van der Waals surface area contributed by atoms with E-state index in [4.69, 9.17) is 23.2 Å². The number of nitrogens with one attached hydrogen (secondary N) is 1. The normalized spacial score (nSPS) is 12.0. The van der Waals surface area contributed by atoms with Gasteiger partial charge in [-0.1, -0.05) is 104 Å².